The van der Waals surface area contributed by atoms with Gasteiger partial charge in [-0.15, -0.1) is 0 Å². The molecule has 1 heterocycles. The maximum atomic E-state index is 13.2. The molecule has 0 radical (unpaired) electrons. The summed E-state index contributed by atoms with van der Waals surface area (Å²) in [6.07, 6.45) is -0.379. The van der Waals surface area contributed by atoms with Gasteiger partial charge in [0, 0.05) is 27.5 Å². The summed E-state index contributed by atoms with van der Waals surface area (Å²) in [5.41, 5.74) is 3.00. The lowest BCUT2D eigenvalue weighted by atomic mass is 10.1. The quantitative estimate of drug-likeness (QED) is 0.698. The maximum Gasteiger partial charge on any atom is 0.260 e. The Kier molecular flexibility index (Phi) is 3.90. The highest BCUT2D eigenvalue weighted by Gasteiger charge is 2.37. The Morgan fingerprint density at radius 1 is 0.920 bits per heavy atom. The first-order valence-corrected chi connectivity index (χ1v) is 8.21. The van der Waals surface area contributed by atoms with Crippen LogP contribution in [0.25, 0.3) is 0 Å². The number of carbonyl (C=O) groups excluding carboxylic acids is 1. The number of benzene rings is 3. The molecule has 0 bridgehead atoms. The number of nitrogens with zero attached hydrogens (tertiary/aromatic N) is 1. The van der Waals surface area contributed by atoms with Gasteiger partial charge in [0.1, 0.15) is 12.0 Å². The lowest BCUT2D eigenvalue weighted by Crippen LogP contribution is -2.32. The van der Waals surface area contributed by atoms with Crippen LogP contribution in [0.3, 0.4) is 0 Å². The maximum absolute atomic E-state index is 13.2. The van der Waals surface area contributed by atoms with Crippen molar-refractivity contribution < 1.29 is 9.18 Å². The van der Waals surface area contributed by atoms with Crippen molar-refractivity contribution in [3.8, 4) is 0 Å². The van der Waals surface area contributed by atoms with Crippen molar-refractivity contribution in [1.29, 1.82) is 0 Å². The number of rotatable bonds is 3. The Bertz CT molecular complexity index is 925. The molecule has 0 unspecified atom stereocenters. The van der Waals surface area contributed by atoms with Crippen LogP contribution >= 0.6 is 11.6 Å². The third kappa shape index (κ3) is 2.85. The largest absolute Gasteiger partial charge is 0.361 e. The van der Waals surface area contributed by atoms with Crippen LogP contribution in [0.2, 0.25) is 5.02 Å². The Hall–Kier alpha value is -2.85. The lowest BCUT2D eigenvalue weighted by Gasteiger charge is -2.27. The molecule has 3 nitrogen and oxygen atoms in total. The third-order valence-electron chi connectivity index (χ3n) is 4.22. The fourth-order valence-electron chi connectivity index (χ4n) is 3.03. The van der Waals surface area contributed by atoms with Gasteiger partial charge >= 0.3 is 0 Å². The van der Waals surface area contributed by atoms with E-state index in [9.17, 15) is 9.18 Å². The predicted molar refractivity (Wildman–Crippen MR) is 97.5 cm³/mol. The SMILES string of the molecule is O=C1c2ccccc2[C@H](Nc2ccc(F)cc2)N1c1ccc(Cl)cc1. The van der Waals surface area contributed by atoms with Gasteiger partial charge in [0.05, 0.1) is 0 Å². The van der Waals surface area contributed by atoms with Gasteiger partial charge in [-0.3, -0.25) is 9.69 Å². The summed E-state index contributed by atoms with van der Waals surface area (Å²) in [5.74, 6) is -0.388. The molecule has 1 N–H and O–H groups in total. The summed E-state index contributed by atoms with van der Waals surface area (Å²) in [6, 6.07) is 20.7. The van der Waals surface area contributed by atoms with Gasteiger partial charge in [0.15, 0.2) is 0 Å². The minimum atomic E-state index is -0.379. The zero-order valence-electron chi connectivity index (χ0n) is 13.1. The van der Waals surface area contributed by atoms with Crippen LogP contribution in [0, 0.1) is 5.82 Å². The molecule has 1 aliphatic heterocycles. The second-order valence-corrected chi connectivity index (χ2v) is 6.23. The zero-order chi connectivity index (χ0) is 17.4. The molecule has 0 spiro atoms. The van der Waals surface area contributed by atoms with Crippen molar-refractivity contribution >= 4 is 28.9 Å². The zero-order valence-corrected chi connectivity index (χ0v) is 13.9. The first-order chi connectivity index (χ1) is 12.1. The summed E-state index contributed by atoms with van der Waals surface area (Å²) in [5, 5.41) is 3.93. The highest BCUT2D eigenvalue weighted by atomic mass is 35.5. The smallest absolute Gasteiger partial charge is 0.260 e. The number of hydrogen-bond donors (Lipinski definition) is 1. The van der Waals surface area contributed by atoms with Crippen molar-refractivity contribution in [2.75, 3.05) is 10.2 Å². The van der Waals surface area contributed by atoms with Crippen molar-refractivity contribution in [2.24, 2.45) is 0 Å². The van der Waals surface area contributed by atoms with E-state index in [1.165, 1.54) is 12.1 Å². The number of amides is 1. The van der Waals surface area contributed by atoms with Crippen molar-refractivity contribution in [3.05, 3.63) is 94.8 Å². The van der Waals surface area contributed by atoms with E-state index in [-0.39, 0.29) is 17.9 Å². The molecule has 25 heavy (non-hydrogen) atoms. The summed E-state index contributed by atoms with van der Waals surface area (Å²) in [7, 11) is 0. The van der Waals surface area contributed by atoms with Crippen molar-refractivity contribution in [3.63, 3.8) is 0 Å². The van der Waals surface area contributed by atoms with E-state index in [4.69, 9.17) is 11.6 Å². The summed E-state index contributed by atoms with van der Waals surface area (Å²) >= 11 is 5.97. The van der Waals surface area contributed by atoms with Crippen molar-refractivity contribution in [2.45, 2.75) is 6.17 Å². The molecule has 4 rings (SSSR count). The minimum Gasteiger partial charge on any atom is -0.361 e. The van der Waals surface area contributed by atoms with Crippen LogP contribution < -0.4 is 10.2 Å². The molecule has 5 heteroatoms. The number of fused-ring (bicyclic) bond motifs is 1. The molecule has 0 saturated carbocycles. The standard InChI is InChI=1S/C20H14ClFN2O/c21-13-5-11-16(12-6-13)24-19(23-15-9-7-14(22)8-10-15)17-3-1-2-4-18(17)20(24)25/h1-12,19,23H/t19-/m1/s1. The lowest BCUT2D eigenvalue weighted by molar-refractivity contribution is 0.0993. The molecule has 1 atom stereocenters. The molecule has 124 valence electrons. The molecule has 0 fully saturated rings. The molecular weight excluding hydrogens is 339 g/mol. The number of carbonyl (C=O) groups is 1. The molecule has 0 aliphatic carbocycles. The molecule has 1 aliphatic rings. The van der Waals surface area contributed by atoms with Crippen LogP contribution in [0.15, 0.2) is 72.8 Å². The van der Waals surface area contributed by atoms with Gasteiger partial charge in [0.2, 0.25) is 0 Å². The number of anilines is 2. The third-order valence-corrected chi connectivity index (χ3v) is 4.47. The normalized spacial score (nSPS) is 16.0. The van der Waals surface area contributed by atoms with Crippen molar-refractivity contribution in [1.82, 2.24) is 0 Å². The topological polar surface area (TPSA) is 32.3 Å². The Balaban J connectivity index is 1.77. The molecule has 3 aromatic carbocycles. The summed E-state index contributed by atoms with van der Waals surface area (Å²) in [4.78, 5) is 14.6. The number of hydrogen-bond acceptors (Lipinski definition) is 2. The highest BCUT2D eigenvalue weighted by molar-refractivity contribution is 6.30. The first kappa shape index (κ1) is 15.7. The van der Waals surface area contributed by atoms with Gasteiger partial charge in [-0.25, -0.2) is 4.39 Å². The second kappa shape index (κ2) is 6.22. The van der Waals surface area contributed by atoms with E-state index in [2.05, 4.69) is 5.32 Å². The monoisotopic (exact) mass is 352 g/mol. The van der Waals surface area contributed by atoms with E-state index in [0.717, 1.165) is 16.9 Å². The van der Waals surface area contributed by atoms with E-state index >= 15 is 0 Å². The molecule has 1 amide bonds. The van der Waals surface area contributed by atoms with Crippen LogP contribution in [0.5, 0.6) is 0 Å². The molecule has 0 saturated heterocycles. The first-order valence-electron chi connectivity index (χ1n) is 7.83. The van der Waals surface area contributed by atoms with Gasteiger partial charge in [-0.05, 0) is 54.6 Å². The predicted octanol–water partition coefficient (Wildman–Crippen LogP) is 5.25. The average molecular weight is 353 g/mol. The molecule has 0 aromatic heterocycles. The van der Waals surface area contributed by atoms with Gasteiger partial charge in [-0.2, -0.15) is 0 Å². The molecular formula is C20H14ClFN2O. The van der Waals surface area contributed by atoms with Crippen LogP contribution in [-0.2, 0) is 0 Å². The fourth-order valence-corrected chi connectivity index (χ4v) is 3.16. The summed E-state index contributed by atoms with van der Waals surface area (Å²) in [6.45, 7) is 0. The van der Waals surface area contributed by atoms with Gasteiger partial charge < -0.3 is 5.32 Å². The van der Waals surface area contributed by atoms with Gasteiger partial charge in [0.25, 0.3) is 5.91 Å². The Labute approximate surface area is 149 Å². The number of nitrogens with one attached hydrogen (secondary N) is 1. The van der Waals surface area contributed by atoms with Crippen LogP contribution in [-0.4, -0.2) is 5.91 Å². The second-order valence-electron chi connectivity index (χ2n) is 5.79. The van der Waals surface area contributed by atoms with Gasteiger partial charge in [-0.1, -0.05) is 29.8 Å². The van der Waals surface area contributed by atoms with E-state index in [0.29, 0.717) is 10.6 Å². The molecule has 3 aromatic rings. The van der Waals surface area contributed by atoms with E-state index < -0.39 is 0 Å². The van der Waals surface area contributed by atoms with Crippen LogP contribution in [0.1, 0.15) is 22.1 Å². The Morgan fingerprint density at radius 3 is 2.32 bits per heavy atom. The summed E-state index contributed by atoms with van der Waals surface area (Å²) < 4.78 is 13.2. The van der Waals surface area contributed by atoms with Crippen LogP contribution in [0.4, 0.5) is 15.8 Å². The van der Waals surface area contributed by atoms with E-state index in [1.54, 1.807) is 29.2 Å². The highest BCUT2D eigenvalue weighted by Crippen LogP contribution is 2.38. The number of halogens is 2. The minimum absolute atomic E-state index is 0.0856. The fraction of sp³-hybridized carbons (Fsp3) is 0.0500. The van der Waals surface area contributed by atoms with E-state index in [1.807, 2.05) is 36.4 Å². The average Bonchev–Trinajstić information content (AvgIpc) is 2.90. The Morgan fingerprint density at radius 2 is 1.60 bits per heavy atom.